The third-order valence-corrected chi connectivity index (χ3v) is 4.35. The van der Waals surface area contributed by atoms with Crippen LogP contribution in [0.1, 0.15) is 31.4 Å². The van der Waals surface area contributed by atoms with Gasteiger partial charge in [0.2, 0.25) is 0 Å². The second-order valence-electron chi connectivity index (χ2n) is 6.30. The number of hydrogen-bond acceptors (Lipinski definition) is 4. The third-order valence-electron chi connectivity index (χ3n) is 4.35. The molecule has 0 aliphatic carbocycles. The van der Waals surface area contributed by atoms with Crippen molar-refractivity contribution in [3.63, 3.8) is 0 Å². The minimum atomic E-state index is -1.12. The predicted molar refractivity (Wildman–Crippen MR) is 81.3 cm³/mol. The summed E-state index contributed by atoms with van der Waals surface area (Å²) in [5.41, 5.74) is 0.211. The smallest absolute Gasteiger partial charge is 0.256 e. The molecular weight excluding hydrogens is 282 g/mol. The first-order chi connectivity index (χ1) is 10.6. The fourth-order valence-electron chi connectivity index (χ4n) is 3.39. The number of carbonyl (C=O) groups excluding carboxylic acids is 1. The van der Waals surface area contributed by atoms with Gasteiger partial charge in [0.05, 0.1) is 19.3 Å². The molecule has 2 aliphatic heterocycles. The molecule has 22 heavy (non-hydrogen) atoms. The number of rotatable bonds is 2. The molecule has 2 heterocycles. The normalized spacial score (nSPS) is 30.3. The maximum Gasteiger partial charge on any atom is 0.256 e. The topological polar surface area (TPSA) is 59.0 Å². The van der Waals surface area contributed by atoms with E-state index < -0.39 is 11.7 Å². The van der Waals surface area contributed by atoms with Gasteiger partial charge in [-0.1, -0.05) is 30.3 Å². The van der Waals surface area contributed by atoms with Crippen LogP contribution in [0.25, 0.3) is 0 Å². The molecule has 1 amide bonds. The monoisotopic (exact) mass is 305 g/mol. The van der Waals surface area contributed by atoms with Gasteiger partial charge in [0.15, 0.2) is 6.10 Å². The zero-order valence-electron chi connectivity index (χ0n) is 12.9. The molecule has 120 valence electrons. The Morgan fingerprint density at radius 2 is 2.18 bits per heavy atom. The number of morpholine rings is 1. The van der Waals surface area contributed by atoms with Gasteiger partial charge in [-0.2, -0.15) is 0 Å². The van der Waals surface area contributed by atoms with Crippen molar-refractivity contribution in [1.82, 2.24) is 4.90 Å². The van der Waals surface area contributed by atoms with E-state index in [0.29, 0.717) is 25.3 Å². The fraction of sp³-hybridized carbons (Fsp3) is 0.588. The minimum absolute atomic E-state index is 0.0534. The Labute approximate surface area is 130 Å². The van der Waals surface area contributed by atoms with Crippen molar-refractivity contribution in [3.8, 4) is 0 Å². The van der Waals surface area contributed by atoms with Crippen LogP contribution in [0.3, 0.4) is 0 Å². The average Bonchev–Trinajstić information content (AvgIpc) is 2.54. The number of nitrogens with zero attached hydrogens (tertiary/aromatic N) is 1. The fourth-order valence-corrected chi connectivity index (χ4v) is 3.39. The van der Waals surface area contributed by atoms with E-state index in [1.165, 1.54) is 0 Å². The molecule has 1 N–H and O–H groups in total. The van der Waals surface area contributed by atoms with Gasteiger partial charge in [0, 0.05) is 13.2 Å². The van der Waals surface area contributed by atoms with E-state index in [-0.39, 0.29) is 12.0 Å². The standard InChI is InChI=1S/C17H23NO4/c1-13-10-18(11-17(22-13)8-5-9-21-12-17)16(20)15(19)14-6-3-2-4-7-14/h2-4,6-7,13,15,19H,5,8-12H2,1H3/t13-,15-,17+/m1/s1. The second kappa shape index (κ2) is 6.36. The Kier molecular flexibility index (Phi) is 4.47. The Morgan fingerprint density at radius 1 is 1.41 bits per heavy atom. The van der Waals surface area contributed by atoms with Crippen LogP contribution in [0.2, 0.25) is 0 Å². The van der Waals surface area contributed by atoms with Crippen LogP contribution in [0.4, 0.5) is 0 Å². The summed E-state index contributed by atoms with van der Waals surface area (Å²) in [7, 11) is 0. The first-order valence-corrected chi connectivity index (χ1v) is 7.87. The van der Waals surface area contributed by atoms with Gasteiger partial charge in [-0.25, -0.2) is 0 Å². The zero-order valence-corrected chi connectivity index (χ0v) is 12.9. The lowest BCUT2D eigenvalue weighted by Crippen LogP contribution is -2.60. The molecule has 3 rings (SSSR count). The summed E-state index contributed by atoms with van der Waals surface area (Å²) in [6, 6.07) is 9.05. The average molecular weight is 305 g/mol. The largest absolute Gasteiger partial charge is 0.378 e. The molecule has 5 heteroatoms. The number of carbonyl (C=O) groups is 1. The van der Waals surface area contributed by atoms with E-state index in [1.54, 1.807) is 17.0 Å². The van der Waals surface area contributed by atoms with Gasteiger partial charge in [-0.3, -0.25) is 4.79 Å². The summed E-state index contributed by atoms with van der Waals surface area (Å²) in [6.45, 7) is 4.22. The Bertz CT molecular complexity index is 513. The molecule has 2 fully saturated rings. The maximum absolute atomic E-state index is 12.6. The van der Waals surface area contributed by atoms with E-state index in [1.807, 2.05) is 25.1 Å². The molecule has 1 aromatic rings. The van der Waals surface area contributed by atoms with E-state index in [0.717, 1.165) is 19.4 Å². The van der Waals surface area contributed by atoms with Gasteiger partial charge in [-0.05, 0) is 25.3 Å². The van der Waals surface area contributed by atoms with Gasteiger partial charge in [-0.15, -0.1) is 0 Å². The van der Waals surface area contributed by atoms with Crippen LogP contribution in [0, 0.1) is 0 Å². The van der Waals surface area contributed by atoms with E-state index >= 15 is 0 Å². The number of hydrogen-bond donors (Lipinski definition) is 1. The minimum Gasteiger partial charge on any atom is -0.378 e. The van der Waals surface area contributed by atoms with Crippen molar-refractivity contribution in [3.05, 3.63) is 35.9 Å². The van der Waals surface area contributed by atoms with Crippen molar-refractivity contribution >= 4 is 5.91 Å². The third kappa shape index (κ3) is 3.16. The molecule has 3 atom stereocenters. The van der Waals surface area contributed by atoms with Crippen LogP contribution in [-0.2, 0) is 14.3 Å². The van der Waals surface area contributed by atoms with E-state index in [4.69, 9.17) is 9.47 Å². The van der Waals surface area contributed by atoms with Crippen molar-refractivity contribution in [2.45, 2.75) is 37.6 Å². The van der Waals surface area contributed by atoms with Crippen LogP contribution in [-0.4, -0.2) is 53.9 Å². The first-order valence-electron chi connectivity index (χ1n) is 7.87. The molecule has 1 aromatic carbocycles. The molecule has 5 nitrogen and oxygen atoms in total. The summed E-state index contributed by atoms with van der Waals surface area (Å²) >= 11 is 0. The quantitative estimate of drug-likeness (QED) is 0.900. The highest BCUT2D eigenvalue weighted by atomic mass is 16.6. The lowest BCUT2D eigenvalue weighted by atomic mass is 9.93. The molecule has 0 saturated carbocycles. The van der Waals surface area contributed by atoms with E-state index in [9.17, 15) is 9.90 Å². The maximum atomic E-state index is 12.6. The number of amides is 1. The van der Waals surface area contributed by atoms with Crippen molar-refractivity contribution < 1.29 is 19.4 Å². The SMILES string of the molecule is C[C@@H]1CN(C(=O)[C@H](O)c2ccccc2)C[C@]2(CCCOC2)O1. The van der Waals surface area contributed by atoms with Crippen LogP contribution >= 0.6 is 0 Å². The number of aliphatic hydroxyl groups is 1. The lowest BCUT2D eigenvalue weighted by Gasteiger charge is -2.47. The Hall–Kier alpha value is -1.43. The second-order valence-corrected chi connectivity index (χ2v) is 6.30. The summed E-state index contributed by atoms with van der Waals surface area (Å²) in [5, 5.41) is 10.4. The highest BCUT2D eigenvalue weighted by Gasteiger charge is 2.43. The van der Waals surface area contributed by atoms with Crippen LogP contribution in [0.15, 0.2) is 30.3 Å². The first kappa shape index (κ1) is 15.5. The highest BCUT2D eigenvalue weighted by molar-refractivity contribution is 5.82. The molecule has 2 aliphatic rings. The summed E-state index contributed by atoms with van der Waals surface area (Å²) in [5.74, 6) is -0.258. The molecule has 1 spiro atoms. The molecule has 0 unspecified atom stereocenters. The van der Waals surface area contributed by atoms with E-state index in [2.05, 4.69) is 0 Å². The van der Waals surface area contributed by atoms with Crippen LogP contribution < -0.4 is 0 Å². The van der Waals surface area contributed by atoms with Gasteiger partial charge in [0.25, 0.3) is 5.91 Å². The number of benzene rings is 1. The molecular formula is C17H23NO4. The number of aliphatic hydroxyl groups excluding tert-OH is 1. The number of ether oxygens (including phenoxy) is 2. The predicted octanol–water partition coefficient (Wildman–Crippen LogP) is 1.52. The van der Waals surface area contributed by atoms with Gasteiger partial charge in [0.1, 0.15) is 5.60 Å². The Balaban J connectivity index is 1.74. The Morgan fingerprint density at radius 3 is 2.86 bits per heavy atom. The molecule has 0 aromatic heterocycles. The summed E-state index contributed by atoms with van der Waals surface area (Å²) in [6.07, 6.45) is 0.661. The highest BCUT2D eigenvalue weighted by Crippen LogP contribution is 2.31. The van der Waals surface area contributed by atoms with Crippen molar-refractivity contribution in [1.29, 1.82) is 0 Å². The zero-order chi connectivity index (χ0) is 15.6. The van der Waals surface area contributed by atoms with Gasteiger partial charge < -0.3 is 19.5 Å². The summed E-state index contributed by atoms with van der Waals surface area (Å²) < 4.78 is 11.6. The molecule has 0 radical (unpaired) electrons. The molecule has 2 saturated heterocycles. The molecule has 0 bridgehead atoms. The lowest BCUT2D eigenvalue weighted by molar-refractivity contribution is -0.202. The van der Waals surface area contributed by atoms with Crippen molar-refractivity contribution in [2.24, 2.45) is 0 Å². The van der Waals surface area contributed by atoms with Crippen LogP contribution in [0.5, 0.6) is 0 Å². The van der Waals surface area contributed by atoms with Crippen molar-refractivity contribution in [2.75, 3.05) is 26.3 Å². The van der Waals surface area contributed by atoms with Gasteiger partial charge >= 0.3 is 0 Å². The summed E-state index contributed by atoms with van der Waals surface area (Å²) in [4.78, 5) is 14.4.